The molecule has 0 bridgehead atoms. The minimum atomic E-state index is -3.71. The summed E-state index contributed by atoms with van der Waals surface area (Å²) in [5.41, 5.74) is -1.28. The largest absolute Gasteiger partial charge is 0.487 e. The van der Waals surface area contributed by atoms with Crippen LogP contribution in [0.1, 0.15) is 33.4 Å². The van der Waals surface area contributed by atoms with Crippen molar-refractivity contribution in [3.8, 4) is 5.75 Å². The fraction of sp³-hybridized carbons (Fsp3) is 0.444. The second-order valence-electron chi connectivity index (χ2n) is 9.95. The highest BCUT2D eigenvalue weighted by Gasteiger charge is 2.67. The molecule has 0 spiro atoms. The Balaban J connectivity index is 1.79. The lowest BCUT2D eigenvalue weighted by molar-refractivity contribution is -0.189. The topological polar surface area (TPSA) is 192 Å². The fourth-order valence-electron chi connectivity index (χ4n) is 4.84. The van der Waals surface area contributed by atoms with Crippen molar-refractivity contribution in [2.45, 2.75) is 51.0 Å². The quantitative estimate of drug-likeness (QED) is 0.105. The summed E-state index contributed by atoms with van der Waals surface area (Å²) in [5.74, 6) is -1.94. The van der Waals surface area contributed by atoms with Crippen molar-refractivity contribution < 1.29 is 49.8 Å². The van der Waals surface area contributed by atoms with Crippen LogP contribution in [0, 0.1) is 0 Å². The molecule has 0 aliphatic carbocycles. The summed E-state index contributed by atoms with van der Waals surface area (Å²) in [6, 6.07) is 10.3. The third-order valence-corrected chi connectivity index (χ3v) is 12.3. The highest BCUT2D eigenvalue weighted by atomic mass is 127. The molecule has 3 heterocycles. The van der Waals surface area contributed by atoms with Gasteiger partial charge in [0.1, 0.15) is 31.2 Å². The fourth-order valence-corrected chi connectivity index (χ4v) is 9.75. The molecule has 0 saturated carbocycles. The Bertz CT molecular complexity index is 1550. The third-order valence-electron chi connectivity index (χ3n) is 6.75. The molecular formula is C27H33FIN5O10P+. The van der Waals surface area contributed by atoms with Crippen LogP contribution in [-0.4, -0.2) is 76.7 Å². The van der Waals surface area contributed by atoms with Crippen molar-refractivity contribution in [3.63, 3.8) is 0 Å². The first-order valence-corrected chi connectivity index (χ1v) is 18.9. The van der Waals surface area contributed by atoms with Gasteiger partial charge in [-0.3, -0.25) is 18.9 Å². The maximum Gasteiger partial charge on any atom is 0.487 e. The second-order valence-corrected chi connectivity index (χ2v) is 16.7. The highest BCUT2D eigenvalue weighted by Crippen LogP contribution is 2.68. The van der Waals surface area contributed by atoms with E-state index in [0.29, 0.717) is 5.52 Å². The number of carbonyl (C=O) groups is 3. The number of rotatable bonds is 14. The first kappa shape index (κ1) is 34.5. The zero-order chi connectivity index (χ0) is 32.8. The van der Waals surface area contributed by atoms with Crippen LogP contribution in [0.4, 0.5) is 10.2 Å². The van der Waals surface area contributed by atoms with Crippen molar-refractivity contribution in [1.29, 1.82) is 0 Å². The average Bonchev–Trinajstić information content (AvgIpc) is 3.57. The highest BCUT2D eigenvalue weighted by molar-refractivity contribution is 14.2. The summed E-state index contributed by atoms with van der Waals surface area (Å²) in [4.78, 5) is 41.5. The Morgan fingerprint density at radius 1 is 1.22 bits per heavy atom. The molecule has 244 valence electrons. The van der Waals surface area contributed by atoms with Gasteiger partial charge in [-0.15, -0.1) is 5.09 Å². The van der Waals surface area contributed by atoms with Crippen LogP contribution in [0.25, 0.3) is 5.52 Å². The molecule has 2 aromatic heterocycles. The first-order valence-electron chi connectivity index (χ1n) is 13.6. The summed E-state index contributed by atoms with van der Waals surface area (Å²) in [6.07, 6.45) is -0.486. The van der Waals surface area contributed by atoms with Gasteiger partial charge in [0.25, 0.3) is 0 Å². The van der Waals surface area contributed by atoms with Gasteiger partial charge in [0.15, 0.2) is 23.3 Å². The Labute approximate surface area is 267 Å². The van der Waals surface area contributed by atoms with Crippen molar-refractivity contribution >= 4 is 55.4 Å². The number of para-hydroxylation sites is 1. The Morgan fingerprint density at radius 2 is 1.96 bits per heavy atom. The van der Waals surface area contributed by atoms with Crippen LogP contribution in [0.3, 0.4) is 0 Å². The molecule has 5 atom stereocenters. The van der Waals surface area contributed by atoms with E-state index in [-0.39, 0.29) is 23.9 Å². The minimum absolute atomic E-state index is 0.0925. The number of fused-ring (bicyclic) bond motifs is 1. The molecule has 0 amide bonds. The van der Waals surface area contributed by atoms with Gasteiger partial charge in [-0.1, -0.05) is 18.2 Å². The molecule has 0 radical (unpaired) electrons. The van der Waals surface area contributed by atoms with E-state index in [1.807, 2.05) is 0 Å². The molecule has 18 heteroatoms. The van der Waals surface area contributed by atoms with Gasteiger partial charge in [0.05, 0.1) is 18.9 Å². The number of benzene rings is 1. The molecule has 1 aliphatic rings. The number of anilines is 1. The lowest BCUT2D eigenvalue weighted by Crippen LogP contribution is -2.56. The minimum Gasteiger partial charge on any atom is -0.465 e. The first-order chi connectivity index (χ1) is 21.4. The number of ether oxygens (including phenoxy) is 4. The van der Waals surface area contributed by atoms with Crippen LogP contribution >= 0.6 is 26.2 Å². The molecule has 1 aromatic carbocycles. The molecular weight excluding hydrogens is 731 g/mol. The summed E-state index contributed by atoms with van der Waals surface area (Å²) in [7, 11) is 0. The van der Waals surface area contributed by atoms with Crippen molar-refractivity contribution in [3.05, 3.63) is 54.5 Å². The Hall–Kier alpha value is -3.38. The van der Waals surface area contributed by atoms with Gasteiger partial charge >= 0.3 is 44.1 Å². The molecule has 3 aromatic rings. The van der Waals surface area contributed by atoms with E-state index in [1.165, 1.54) is 23.8 Å². The molecule has 1 fully saturated rings. The van der Waals surface area contributed by atoms with Gasteiger partial charge in [-0.05, 0) is 38.1 Å². The summed E-state index contributed by atoms with van der Waals surface area (Å²) in [5, 5.41) is 7.07. The van der Waals surface area contributed by atoms with Gasteiger partial charge in [0.2, 0.25) is 5.60 Å². The van der Waals surface area contributed by atoms with Crippen molar-refractivity contribution in [2.75, 3.05) is 32.2 Å². The van der Waals surface area contributed by atoms with Gasteiger partial charge < -0.3 is 24.7 Å². The van der Waals surface area contributed by atoms with Crippen molar-refractivity contribution in [1.82, 2.24) is 19.7 Å². The van der Waals surface area contributed by atoms with E-state index >= 15 is 4.39 Å². The standard InChI is InChI=1S/C27H33FIN5O10P/c1-5-39-24(37)17(2)33-45(29-38,44-20-9-7-6-8-10-20)41-14-26(13-28)25(42-18(3)35)27(15-40-26,43-19(4)36)22-12-11-21-23(30)31-16-32-34(21)22/h6-12,16-17,25,33H,5,13-15H2,1-4H3,(H2,30,31,32)/q+1/t17-,25+,26+,27+,45?/m0/s1. The van der Waals surface area contributed by atoms with Crippen LogP contribution in [0.5, 0.6) is 5.75 Å². The normalized spacial score (nSPS) is 23.2. The van der Waals surface area contributed by atoms with Gasteiger partial charge in [0, 0.05) is 13.8 Å². The maximum atomic E-state index is 15.4. The summed E-state index contributed by atoms with van der Waals surface area (Å²) < 4.78 is 64.4. The molecule has 1 aliphatic heterocycles. The summed E-state index contributed by atoms with van der Waals surface area (Å²) >= 11 is -2.23. The number of esters is 3. The number of nitrogens with one attached hydrogen (secondary N) is 1. The Kier molecular flexibility index (Phi) is 11.0. The number of nitrogens with two attached hydrogens (primary N) is 1. The Morgan fingerprint density at radius 3 is 2.58 bits per heavy atom. The summed E-state index contributed by atoms with van der Waals surface area (Å²) in [6.45, 7) is 2.89. The third kappa shape index (κ3) is 7.22. The number of carbonyl (C=O) groups excluding carboxylic acids is 3. The SMILES string of the molecule is CCOC(=O)[C@H](C)N[P+](OC[C@@]1(CF)OC[C@@](OC(C)=O)(c2ccc3c(N)ncnn23)[C@@H]1OC(C)=O)(Oc1ccccc1)I=O. The van der Waals surface area contributed by atoms with Crippen LogP contribution in [0.2, 0.25) is 0 Å². The number of nitrogens with zero attached hydrogens (tertiary/aromatic N) is 3. The van der Waals surface area contributed by atoms with Crippen LogP contribution in [-0.2, 0) is 46.5 Å². The van der Waals surface area contributed by atoms with Crippen LogP contribution < -0.4 is 15.3 Å². The van der Waals surface area contributed by atoms with Gasteiger partial charge in [-0.25, -0.2) is 17.0 Å². The molecule has 45 heavy (non-hydrogen) atoms. The van der Waals surface area contributed by atoms with E-state index in [2.05, 4.69) is 15.2 Å². The smallest absolute Gasteiger partial charge is 0.465 e. The second kappa shape index (κ2) is 14.4. The monoisotopic (exact) mass is 764 g/mol. The zero-order valence-electron chi connectivity index (χ0n) is 24.8. The molecule has 1 saturated heterocycles. The zero-order valence-corrected chi connectivity index (χ0v) is 27.9. The number of hydrogen-bond acceptors (Lipinski definition) is 14. The van der Waals surface area contributed by atoms with Crippen molar-refractivity contribution in [2.24, 2.45) is 0 Å². The lowest BCUT2D eigenvalue weighted by Gasteiger charge is -2.37. The van der Waals surface area contributed by atoms with E-state index in [1.54, 1.807) is 43.3 Å². The van der Waals surface area contributed by atoms with Crippen LogP contribution in [0.15, 0.2) is 48.8 Å². The predicted octanol–water partition coefficient (Wildman–Crippen LogP) is 3.37. The van der Waals surface area contributed by atoms with E-state index in [0.717, 1.165) is 13.8 Å². The molecule has 4 rings (SSSR count). The van der Waals surface area contributed by atoms with E-state index in [9.17, 15) is 17.5 Å². The molecule has 3 N–H and O–H groups in total. The number of hydrogen-bond donors (Lipinski definition) is 2. The number of halogens is 2. The van der Waals surface area contributed by atoms with E-state index in [4.69, 9.17) is 33.7 Å². The molecule has 1 unspecified atom stereocenters. The number of aromatic nitrogens is 3. The van der Waals surface area contributed by atoms with E-state index < -0.39 is 87.3 Å². The average molecular weight is 764 g/mol. The number of nitrogen functional groups attached to an aromatic ring is 1. The number of alkyl halides is 1. The predicted molar refractivity (Wildman–Crippen MR) is 165 cm³/mol. The lowest BCUT2D eigenvalue weighted by atomic mass is 9.85. The van der Waals surface area contributed by atoms with Gasteiger partial charge in [-0.2, -0.15) is 9.62 Å². The maximum absolute atomic E-state index is 15.4. The molecule has 15 nitrogen and oxygen atoms in total.